The van der Waals surface area contributed by atoms with Crippen LogP contribution in [0.5, 0.6) is 0 Å². The Labute approximate surface area is 128 Å². The average Bonchev–Trinajstić information content (AvgIpc) is 2.46. The highest BCUT2D eigenvalue weighted by Crippen LogP contribution is 2.31. The molecular formula is C19H28FN. The molecule has 1 saturated carbocycles. The minimum Gasteiger partial charge on any atom is -0.311 e. The molecule has 0 spiro atoms. The van der Waals surface area contributed by atoms with E-state index in [0.717, 1.165) is 17.7 Å². The van der Waals surface area contributed by atoms with Crippen molar-refractivity contribution in [2.24, 2.45) is 5.92 Å². The fourth-order valence-electron chi connectivity index (χ4n) is 3.11. The summed E-state index contributed by atoms with van der Waals surface area (Å²) in [5.41, 5.74) is 3.66. The predicted molar refractivity (Wildman–Crippen MR) is 88.8 cm³/mol. The van der Waals surface area contributed by atoms with E-state index in [9.17, 15) is 4.39 Å². The molecule has 21 heavy (non-hydrogen) atoms. The maximum absolute atomic E-state index is 13.3. The molecule has 0 saturated heterocycles. The monoisotopic (exact) mass is 289 g/mol. The molecule has 1 nitrogen and oxygen atoms in total. The lowest BCUT2D eigenvalue weighted by Crippen LogP contribution is -2.28. The zero-order valence-corrected chi connectivity index (χ0v) is 13.6. The lowest BCUT2D eigenvalue weighted by atomic mass is 9.82. The summed E-state index contributed by atoms with van der Waals surface area (Å²) < 4.78 is 13.3. The first-order valence-electron chi connectivity index (χ1n) is 8.26. The topological polar surface area (TPSA) is 12.0 Å². The molecule has 2 heteroatoms. The molecule has 116 valence electrons. The molecule has 1 N–H and O–H groups in total. The van der Waals surface area contributed by atoms with Gasteiger partial charge in [0.15, 0.2) is 0 Å². The number of rotatable bonds is 5. The van der Waals surface area contributed by atoms with Crippen LogP contribution in [0.25, 0.3) is 6.08 Å². The Balaban J connectivity index is 2.21. The van der Waals surface area contributed by atoms with Gasteiger partial charge in [0.05, 0.1) is 0 Å². The van der Waals surface area contributed by atoms with Crippen LogP contribution in [-0.2, 0) is 0 Å². The zero-order chi connectivity index (χ0) is 15.2. The van der Waals surface area contributed by atoms with Crippen LogP contribution in [0.15, 0.2) is 23.8 Å². The Morgan fingerprint density at radius 1 is 1.29 bits per heavy atom. The molecule has 1 aromatic rings. The van der Waals surface area contributed by atoms with Gasteiger partial charge in [-0.3, -0.25) is 0 Å². The number of benzene rings is 1. The Hall–Kier alpha value is -1.15. The lowest BCUT2D eigenvalue weighted by molar-refractivity contribution is 0.394. The summed E-state index contributed by atoms with van der Waals surface area (Å²) in [6.45, 7) is 7.30. The van der Waals surface area contributed by atoms with Crippen molar-refractivity contribution >= 4 is 6.08 Å². The van der Waals surface area contributed by atoms with Gasteiger partial charge in [-0.15, -0.1) is 0 Å². The third-order valence-electron chi connectivity index (χ3n) is 4.42. The smallest absolute Gasteiger partial charge is 0.123 e. The minimum absolute atomic E-state index is 0.149. The molecule has 0 unspecified atom stereocenters. The maximum atomic E-state index is 13.3. The molecule has 0 bridgehead atoms. The van der Waals surface area contributed by atoms with E-state index in [-0.39, 0.29) is 5.82 Å². The summed E-state index contributed by atoms with van der Waals surface area (Å²) in [6.07, 6.45) is 8.94. The van der Waals surface area contributed by atoms with E-state index in [2.05, 4.69) is 25.2 Å². The molecule has 1 fully saturated rings. The zero-order valence-electron chi connectivity index (χ0n) is 13.6. The maximum Gasteiger partial charge on any atom is 0.123 e. The first kappa shape index (κ1) is 16.2. The highest BCUT2D eigenvalue weighted by Gasteiger charge is 2.18. The van der Waals surface area contributed by atoms with Crippen molar-refractivity contribution in [3.05, 3.63) is 40.7 Å². The predicted octanol–water partition coefficient (Wildman–Crippen LogP) is 5.10. The van der Waals surface area contributed by atoms with Crippen LogP contribution < -0.4 is 5.32 Å². The van der Waals surface area contributed by atoms with Crippen LogP contribution in [-0.4, -0.2) is 12.6 Å². The van der Waals surface area contributed by atoms with E-state index >= 15 is 0 Å². The number of hydrogen-bond acceptors (Lipinski definition) is 1. The summed E-state index contributed by atoms with van der Waals surface area (Å²) in [4.78, 5) is 0. The van der Waals surface area contributed by atoms with Crippen molar-refractivity contribution in [1.82, 2.24) is 5.32 Å². The molecular weight excluding hydrogens is 261 g/mol. The minimum atomic E-state index is -0.149. The Kier molecular flexibility index (Phi) is 5.98. The third-order valence-corrected chi connectivity index (χ3v) is 4.42. The lowest BCUT2D eigenvalue weighted by Gasteiger charge is -2.26. The van der Waals surface area contributed by atoms with Gasteiger partial charge in [0.2, 0.25) is 0 Å². The van der Waals surface area contributed by atoms with E-state index in [4.69, 9.17) is 0 Å². The molecule has 1 aromatic carbocycles. The highest BCUT2D eigenvalue weighted by molar-refractivity contribution is 5.57. The second-order valence-electron chi connectivity index (χ2n) is 6.59. The summed E-state index contributed by atoms with van der Waals surface area (Å²) in [7, 11) is 0. The van der Waals surface area contributed by atoms with Gasteiger partial charge >= 0.3 is 0 Å². The van der Waals surface area contributed by atoms with Gasteiger partial charge in [0.25, 0.3) is 0 Å². The first-order chi connectivity index (χ1) is 10.1. The van der Waals surface area contributed by atoms with E-state index < -0.39 is 0 Å². The largest absolute Gasteiger partial charge is 0.311 e. The van der Waals surface area contributed by atoms with Crippen LogP contribution in [0.1, 0.15) is 57.1 Å². The third kappa shape index (κ3) is 4.96. The van der Waals surface area contributed by atoms with Gasteiger partial charge in [-0.05, 0) is 48.9 Å². The summed E-state index contributed by atoms with van der Waals surface area (Å²) in [5.74, 6) is 0.540. The van der Waals surface area contributed by atoms with Crippen LogP contribution in [0.3, 0.4) is 0 Å². The first-order valence-corrected chi connectivity index (χ1v) is 8.26. The second-order valence-corrected chi connectivity index (χ2v) is 6.59. The molecule has 1 aliphatic rings. The molecule has 2 rings (SSSR count). The summed E-state index contributed by atoms with van der Waals surface area (Å²) in [6, 6.07) is 5.59. The molecule has 1 aliphatic carbocycles. The SMILES string of the molecule is Cc1cc(F)ccc1/C=C(/CNC(C)C)C1CCCCC1. The van der Waals surface area contributed by atoms with Crippen molar-refractivity contribution in [2.45, 2.75) is 58.9 Å². The molecule has 0 heterocycles. The molecule has 0 aromatic heterocycles. The fraction of sp³-hybridized carbons (Fsp3) is 0.579. The molecule has 0 radical (unpaired) electrons. The van der Waals surface area contributed by atoms with Crippen molar-refractivity contribution in [1.29, 1.82) is 0 Å². The summed E-state index contributed by atoms with van der Waals surface area (Å²) >= 11 is 0. The molecule has 0 atom stereocenters. The summed E-state index contributed by atoms with van der Waals surface area (Å²) in [5, 5.41) is 3.55. The van der Waals surface area contributed by atoms with Gasteiger partial charge in [0, 0.05) is 12.6 Å². The van der Waals surface area contributed by atoms with Gasteiger partial charge in [-0.1, -0.05) is 50.8 Å². The van der Waals surface area contributed by atoms with Crippen LogP contribution in [0.4, 0.5) is 4.39 Å². The molecule has 0 amide bonds. The van der Waals surface area contributed by atoms with E-state index in [1.54, 1.807) is 12.1 Å². The number of halogens is 1. The molecule has 0 aliphatic heterocycles. The van der Waals surface area contributed by atoms with Crippen LogP contribution in [0.2, 0.25) is 0 Å². The standard InChI is InChI=1S/C19H28FN/c1-14(2)21-13-18(16-7-5-4-6-8-16)12-17-9-10-19(20)11-15(17)3/h9-12,14,16,21H,4-8,13H2,1-3H3/b18-12-. The van der Waals surface area contributed by atoms with Crippen molar-refractivity contribution in [3.8, 4) is 0 Å². The Bertz CT molecular complexity index is 484. The number of aryl methyl sites for hydroxylation is 1. The van der Waals surface area contributed by atoms with Crippen LogP contribution >= 0.6 is 0 Å². The van der Waals surface area contributed by atoms with Crippen LogP contribution in [0, 0.1) is 18.7 Å². The Morgan fingerprint density at radius 3 is 2.62 bits per heavy atom. The van der Waals surface area contributed by atoms with Gasteiger partial charge < -0.3 is 5.32 Å². The number of nitrogens with one attached hydrogen (secondary N) is 1. The fourth-order valence-corrected chi connectivity index (χ4v) is 3.11. The van der Waals surface area contributed by atoms with Gasteiger partial charge in [-0.25, -0.2) is 4.39 Å². The quantitative estimate of drug-likeness (QED) is 0.795. The van der Waals surface area contributed by atoms with Gasteiger partial charge in [0.1, 0.15) is 5.82 Å². The second kappa shape index (κ2) is 7.74. The van der Waals surface area contributed by atoms with Gasteiger partial charge in [-0.2, -0.15) is 0 Å². The average molecular weight is 289 g/mol. The normalized spacial score (nSPS) is 17.5. The van der Waals surface area contributed by atoms with E-state index in [1.807, 2.05) is 13.0 Å². The van der Waals surface area contributed by atoms with Crippen molar-refractivity contribution < 1.29 is 4.39 Å². The Morgan fingerprint density at radius 2 is 2.00 bits per heavy atom. The highest BCUT2D eigenvalue weighted by atomic mass is 19.1. The number of hydrogen-bond donors (Lipinski definition) is 1. The van der Waals surface area contributed by atoms with E-state index in [1.165, 1.54) is 37.7 Å². The van der Waals surface area contributed by atoms with Crippen molar-refractivity contribution in [3.63, 3.8) is 0 Å². The van der Waals surface area contributed by atoms with Crippen molar-refractivity contribution in [2.75, 3.05) is 6.54 Å². The van der Waals surface area contributed by atoms with E-state index in [0.29, 0.717) is 12.0 Å².